The molecule has 3 N–H and O–H groups in total. The molecule has 2 rings (SSSR count). The maximum Gasteiger partial charge on any atom is 0.220 e. The molecule has 0 radical (unpaired) electrons. The first-order chi connectivity index (χ1) is 11.0. The normalized spacial score (nSPS) is 10.5. The van der Waals surface area contributed by atoms with Crippen molar-refractivity contribution in [2.45, 2.75) is 33.1 Å². The average molecular weight is 313 g/mol. The summed E-state index contributed by atoms with van der Waals surface area (Å²) in [5.74, 6) is -0.226. The SMILES string of the molecule is Cc1ccc(CCC(=O)NCCc2cc(O)c(O)cc2C)cc1. The molecule has 0 saturated carbocycles. The minimum Gasteiger partial charge on any atom is -0.504 e. The minimum absolute atomic E-state index is 0.0197. The Bertz CT molecular complexity index is 678. The molecular formula is C19H23NO3. The quantitative estimate of drug-likeness (QED) is 0.718. The third-order valence-electron chi connectivity index (χ3n) is 3.91. The monoisotopic (exact) mass is 313 g/mol. The number of rotatable bonds is 6. The summed E-state index contributed by atoms with van der Waals surface area (Å²) in [6.45, 7) is 4.42. The van der Waals surface area contributed by atoms with E-state index in [4.69, 9.17) is 0 Å². The lowest BCUT2D eigenvalue weighted by Gasteiger charge is -2.09. The fourth-order valence-corrected chi connectivity index (χ4v) is 2.43. The van der Waals surface area contributed by atoms with Crippen LogP contribution in [-0.2, 0) is 17.6 Å². The average Bonchev–Trinajstić information content (AvgIpc) is 2.52. The number of phenolic OH excluding ortho intramolecular Hbond substituents is 2. The van der Waals surface area contributed by atoms with Crippen LogP contribution in [0.1, 0.15) is 28.7 Å². The summed E-state index contributed by atoms with van der Waals surface area (Å²) in [6.07, 6.45) is 1.81. The zero-order valence-electron chi connectivity index (χ0n) is 13.6. The van der Waals surface area contributed by atoms with E-state index in [1.165, 1.54) is 11.6 Å². The van der Waals surface area contributed by atoms with Gasteiger partial charge in [0.2, 0.25) is 5.91 Å². The lowest BCUT2D eigenvalue weighted by Crippen LogP contribution is -2.26. The van der Waals surface area contributed by atoms with Crippen molar-refractivity contribution in [1.29, 1.82) is 0 Å². The van der Waals surface area contributed by atoms with Crippen molar-refractivity contribution in [1.82, 2.24) is 5.32 Å². The van der Waals surface area contributed by atoms with Crippen LogP contribution in [0.3, 0.4) is 0 Å². The number of carbonyl (C=O) groups excluding carboxylic acids is 1. The molecule has 0 saturated heterocycles. The lowest BCUT2D eigenvalue weighted by molar-refractivity contribution is -0.121. The minimum atomic E-state index is -0.128. The van der Waals surface area contributed by atoms with Gasteiger partial charge in [0.1, 0.15) is 0 Å². The smallest absolute Gasteiger partial charge is 0.220 e. The third-order valence-corrected chi connectivity index (χ3v) is 3.91. The van der Waals surface area contributed by atoms with Crippen LogP contribution in [0.2, 0.25) is 0 Å². The van der Waals surface area contributed by atoms with E-state index in [0.29, 0.717) is 19.4 Å². The predicted octanol–water partition coefficient (Wildman–Crippen LogP) is 3.01. The van der Waals surface area contributed by atoms with Crippen molar-refractivity contribution in [2.75, 3.05) is 6.54 Å². The van der Waals surface area contributed by atoms with E-state index in [2.05, 4.69) is 5.32 Å². The first kappa shape index (κ1) is 16.9. The summed E-state index contributed by atoms with van der Waals surface area (Å²) in [5.41, 5.74) is 4.18. The van der Waals surface area contributed by atoms with Gasteiger partial charge in [-0.1, -0.05) is 29.8 Å². The molecule has 2 aromatic carbocycles. The topological polar surface area (TPSA) is 69.6 Å². The van der Waals surface area contributed by atoms with Crippen LogP contribution < -0.4 is 5.32 Å². The van der Waals surface area contributed by atoms with E-state index in [1.54, 1.807) is 6.07 Å². The van der Waals surface area contributed by atoms with Crippen LogP contribution >= 0.6 is 0 Å². The Kier molecular flexibility index (Phi) is 5.63. The van der Waals surface area contributed by atoms with Crippen molar-refractivity contribution in [3.05, 3.63) is 58.7 Å². The molecule has 0 aliphatic carbocycles. The molecule has 2 aromatic rings. The number of aromatic hydroxyl groups is 2. The highest BCUT2D eigenvalue weighted by Gasteiger charge is 2.07. The fourth-order valence-electron chi connectivity index (χ4n) is 2.43. The predicted molar refractivity (Wildman–Crippen MR) is 90.7 cm³/mol. The molecule has 0 atom stereocenters. The number of hydrogen-bond donors (Lipinski definition) is 3. The molecular weight excluding hydrogens is 290 g/mol. The molecule has 23 heavy (non-hydrogen) atoms. The van der Waals surface area contributed by atoms with E-state index < -0.39 is 0 Å². The number of aryl methyl sites for hydroxylation is 3. The number of hydrogen-bond acceptors (Lipinski definition) is 3. The van der Waals surface area contributed by atoms with Crippen molar-refractivity contribution < 1.29 is 15.0 Å². The van der Waals surface area contributed by atoms with Crippen LogP contribution in [0.5, 0.6) is 11.5 Å². The number of nitrogens with one attached hydrogen (secondary N) is 1. The van der Waals surface area contributed by atoms with E-state index in [0.717, 1.165) is 23.1 Å². The summed E-state index contributed by atoms with van der Waals surface area (Å²) >= 11 is 0. The van der Waals surface area contributed by atoms with Crippen molar-refractivity contribution >= 4 is 5.91 Å². The summed E-state index contributed by atoms with van der Waals surface area (Å²) in [5, 5.41) is 21.8. The van der Waals surface area contributed by atoms with Gasteiger partial charge in [0.05, 0.1) is 0 Å². The maximum absolute atomic E-state index is 11.9. The van der Waals surface area contributed by atoms with Gasteiger partial charge in [-0.05, 0) is 55.5 Å². The summed E-state index contributed by atoms with van der Waals surface area (Å²) in [4.78, 5) is 11.9. The number of benzene rings is 2. The molecule has 0 aliphatic rings. The molecule has 0 bridgehead atoms. The first-order valence-corrected chi connectivity index (χ1v) is 7.79. The van der Waals surface area contributed by atoms with E-state index in [-0.39, 0.29) is 17.4 Å². The fraction of sp³-hybridized carbons (Fsp3) is 0.316. The van der Waals surface area contributed by atoms with Crippen LogP contribution in [0.4, 0.5) is 0 Å². The van der Waals surface area contributed by atoms with Crippen molar-refractivity contribution in [3.8, 4) is 11.5 Å². The number of phenols is 2. The van der Waals surface area contributed by atoms with Crippen molar-refractivity contribution in [3.63, 3.8) is 0 Å². The lowest BCUT2D eigenvalue weighted by atomic mass is 10.0. The molecule has 0 fully saturated rings. The Morgan fingerprint density at radius 1 is 1.00 bits per heavy atom. The number of carbonyl (C=O) groups is 1. The molecule has 1 amide bonds. The standard InChI is InChI=1S/C19H23NO3/c1-13-3-5-15(6-4-13)7-8-19(23)20-10-9-16-12-18(22)17(21)11-14(16)2/h3-6,11-12,21-22H,7-10H2,1-2H3,(H,20,23). The highest BCUT2D eigenvalue weighted by atomic mass is 16.3. The second-order valence-corrected chi connectivity index (χ2v) is 5.85. The molecule has 0 heterocycles. The Morgan fingerprint density at radius 3 is 2.35 bits per heavy atom. The van der Waals surface area contributed by atoms with Gasteiger partial charge in [0.15, 0.2) is 11.5 Å². The Hall–Kier alpha value is -2.49. The molecule has 0 spiro atoms. The Morgan fingerprint density at radius 2 is 1.65 bits per heavy atom. The molecule has 122 valence electrons. The van der Waals surface area contributed by atoms with Gasteiger partial charge in [0.25, 0.3) is 0 Å². The van der Waals surface area contributed by atoms with Crippen LogP contribution in [0, 0.1) is 13.8 Å². The summed E-state index contributed by atoms with van der Waals surface area (Å²) < 4.78 is 0. The molecule has 4 nitrogen and oxygen atoms in total. The van der Waals surface area contributed by atoms with Gasteiger partial charge in [0, 0.05) is 13.0 Å². The van der Waals surface area contributed by atoms with Crippen LogP contribution in [0.25, 0.3) is 0 Å². The molecule has 0 unspecified atom stereocenters. The number of amides is 1. The van der Waals surface area contributed by atoms with Gasteiger partial charge in [-0.25, -0.2) is 0 Å². The van der Waals surface area contributed by atoms with Crippen LogP contribution in [-0.4, -0.2) is 22.7 Å². The van der Waals surface area contributed by atoms with E-state index in [9.17, 15) is 15.0 Å². The zero-order valence-corrected chi connectivity index (χ0v) is 13.6. The van der Waals surface area contributed by atoms with Gasteiger partial charge in [-0.3, -0.25) is 4.79 Å². The van der Waals surface area contributed by atoms with E-state index in [1.807, 2.05) is 38.1 Å². The second-order valence-electron chi connectivity index (χ2n) is 5.85. The largest absolute Gasteiger partial charge is 0.504 e. The Labute approximate surface area is 136 Å². The zero-order chi connectivity index (χ0) is 16.8. The highest BCUT2D eigenvalue weighted by molar-refractivity contribution is 5.76. The maximum atomic E-state index is 11.9. The second kappa shape index (κ2) is 7.68. The summed E-state index contributed by atoms with van der Waals surface area (Å²) in [6, 6.07) is 11.3. The van der Waals surface area contributed by atoms with Gasteiger partial charge in [-0.15, -0.1) is 0 Å². The Balaban J connectivity index is 1.76. The van der Waals surface area contributed by atoms with Crippen molar-refractivity contribution in [2.24, 2.45) is 0 Å². The molecule has 4 heteroatoms. The molecule has 0 aliphatic heterocycles. The van der Waals surface area contributed by atoms with Crippen LogP contribution in [0.15, 0.2) is 36.4 Å². The van der Waals surface area contributed by atoms with Gasteiger partial charge in [-0.2, -0.15) is 0 Å². The summed E-state index contributed by atoms with van der Waals surface area (Å²) in [7, 11) is 0. The third kappa shape index (κ3) is 5.02. The van der Waals surface area contributed by atoms with E-state index >= 15 is 0 Å². The first-order valence-electron chi connectivity index (χ1n) is 7.79. The van der Waals surface area contributed by atoms with Gasteiger partial charge < -0.3 is 15.5 Å². The van der Waals surface area contributed by atoms with Gasteiger partial charge >= 0.3 is 0 Å². The molecule has 0 aromatic heterocycles. The highest BCUT2D eigenvalue weighted by Crippen LogP contribution is 2.27.